The molecule has 0 atom stereocenters. The monoisotopic (exact) mass is 397 g/mol. The normalized spacial score (nSPS) is 11.1. The Labute approximate surface area is 171 Å². The summed E-state index contributed by atoms with van der Waals surface area (Å²) in [5, 5.41) is 5.29. The zero-order valence-corrected chi connectivity index (χ0v) is 16.0. The fourth-order valence-electron chi connectivity index (χ4n) is 3.51. The number of hydrogen-bond donors (Lipinski definition) is 0. The van der Waals surface area contributed by atoms with E-state index in [9.17, 15) is 9.18 Å². The van der Waals surface area contributed by atoms with Gasteiger partial charge in [0.2, 0.25) is 5.82 Å². The van der Waals surface area contributed by atoms with Gasteiger partial charge in [-0.1, -0.05) is 53.2 Å². The maximum Gasteiger partial charge on any atom is 0.262 e. The zero-order valence-electron chi connectivity index (χ0n) is 16.0. The number of nitrogens with zero attached hydrogens (tertiary/aromatic N) is 3. The van der Waals surface area contributed by atoms with E-state index in [-0.39, 0.29) is 11.4 Å². The van der Waals surface area contributed by atoms with E-state index in [0.29, 0.717) is 27.8 Å². The van der Waals surface area contributed by atoms with E-state index >= 15 is 0 Å². The van der Waals surface area contributed by atoms with E-state index in [1.54, 1.807) is 30.5 Å². The molecule has 5 aromatic rings. The smallest absolute Gasteiger partial charge is 0.262 e. The third-order valence-corrected chi connectivity index (χ3v) is 4.94. The summed E-state index contributed by atoms with van der Waals surface area (Å²) >= 11 is 0. The van der Waals surface area contributed by atoms with Crippen LogP contribution in [0, 0.1) is 12.7 Å². The predicted molar refractivity (Wildman–Crippen MR) is 113 cm³/mol. The lowest BCUT2D eigenvalue weighted by atomic mass is 10.1. The Morgan fingerprint density at radius 2 is 1.73 bits per heavy atom. The van der Waals surface area contributed by atoms with Gasteiger partial charge in [0.15, 0.2) is 0 Å². The Bertz CT molecular complexity index is 1450. The second kappa shape index (κ2) is 7.08. The molecule has 0 aliphatic rings. The summed E-state index contributed by atoms with van der Waals surface area (Å²) in [5.41, 5.74) is 2.70. The van der Waals surface area contributed by atoms with Crippen LogP contribution in [0.3, 0.4) is 0 Å². The van der Waals surface area contributed by atoms with Gasteiger partial charge in [0.1, 0.15) is 5.82 Å². The van der Waals surface area contributed by atoms with Crippen molar-refractivity contribution in [1.29, 1.82) is 0 Å². The van der Waals surface area contributed by atoms with Crippen molar-refractivity contribution in [2.45, 2.75) is 6.92 Å². The molecule has 30 heavy (non-hydrogen) atoms. The van der Waals surface area contributed by atoms with E-state index in [4.69, 9.17) is 4.52 Å². The molecule has 0 unspecified atom stereocenters. The summed E-state index contributed by atoms with van der Waals surface area (Å²) in [6, 6.07) is 20.9. The minimum absolute atomic E-state index is 0.252. The molecule has 5 nitrogen and oxygen atoms in total. The SMILES string of the molecule is Cc1cccc(-c2noc(-c3cn(-c4cccc(F)c4)c(=O)c4ccccc34)n2)c1. The molecule has 0 fully saturated rings. The average Bonchev–Trinajstić information content (AvgIpc) is 3.24. The molecule has 2 aromatic heterocycles. The van der Waals surface area contributed by atoms with Crippen molar-refractivity contribution in [3.63, 3.8) is 0 Å². The molecule has 0 N–H and O–H groups in total. The molecule has 0 saturated carbocycles. The van der Waals surface area contributed by atoms with Gasteiger partial charge in [-0.25, -0.2) is 4.39 Å². The summed E-state index contributed by atoms with van der Waals surface area (Å²) in [7, 11) is 0. The highest BCUT2D eigenvalue weighted by molar-refractivity contribution is 5.94. The van der Waals surface area contributed by atoms with Crippen molar-refractivity contribution in [3.8, 4) is 28.5 Å². The molecule has 0 saturated heterocycles. The summed E-state index contributed by atoms with van der Waals surface area (Å²) in [6.45, 7) is 1.99. The lowest BCUT2D eigenvalue weighted by molar-refractivity contribution is 0.432. The van der Waals surface area contributed by atoms with Gasteiger partial charge in [-0.15, -0.1) is 0 Å². The van der Waals surface area contributed by atoms with Gasteiger partial charge in [0, 0.05) is 22.5 Å². The van der Waals surface area contributed by atoms with Crippen molar-refractivity contribution in [1.82, 2.24) is 14.7 Å². The largest absolute Gasteiger partial charge is 0.334 e. The van der Waals surface area contributed by atoms with Gasteiger partial charge in [0.25, 0.3) is 11.4 Å². The minimum Gasteiger partial charge on any atom is -0.334 e. The predicted octanol–water partition coefficient (Wildman–Crippen LogP) is 5.16. The maximum atomic E-state index is 13.8. The molecule has 2 heterocycles. The third-order valence-electron chi connectivity index (χ3n) is 4.94. The van der Waals surface area contributed by atoms with Gasteiger partial charge in [-0.05, 0) is 37.3 Å². The summed E-state index contributed by atoms with van der Waals surface area (Å²) < 4.78 is 20.7. The van der Waals surface area contributed by atoms with Crippen LogP contribution >= 0.6 is 0 Å². The molecule has 0 spiro atoms. The van der Waals surface area contributed by atoms with Gasteiger partial charge in [-0.2, -0.15) is 4.98 Å². The van der Waals surface area contributed by atoms with Crippen molar-refractivity contribution >= 4 is 10.8 Å². The summed E-state index contributed by atoms with van der Waals surface area (Å²) in [6.07, 6.45) is 1.62. The fraction of sp³-hybridized carbons (Fsp3) is 0.0417. The number of aromatic nitrogens is 3. The molecule has 6 heteroatoms. The highest BCUT2D eigenvalue weighted by Crippen LogP contribution is 2.28. The van der Waals surface area contributed by atoms with E-state index in [2.05, 4.69) is 10.1 Å². The van der Waals surface area contributed by atoms with Crippen LogP contribution in [0.5, 0.6) is 0 Å². The van der Waals surface area contributed by atoms with Crippen LogP contribution in [0.2, 0.25) is 0 Å². The van der Waals surface area contributed by atoms with Crippen LogP contribution < -0.4 is 5.56 Å². The van der Waals surface area contributed by atoms with Gasteiger partial charge < -0.3 is 4.52 Å². The number of hydrogen-bond acceptors (Lipinski definition) is 4. The van der Waals surface area contributed by atoms with Gasteiger partial charge in [0.05, 0.1) is 11.3 Å². The van der Waals surface area contributed by atoms with Crippen LogP contribution in [0.1, 0.15) is 5.56 Å². The van der Waals surface area contributed by atoms with Crippen molar-refractivity contribution < 1.29 is 8.91 Å². The maximum absolute atomic E-state index is 13.8. The van der Waals surface area contributed by atoms with Gasteiger partial charge >= 0.3 is 0 Å². The number of aryl methyl sites for hydroxylation is 1. The molecule has 3 aromatic carbocycles. The molecule has 146 valence electrons. The topological polar surface area (TPSA) is 60.9 Å². The Hall–Kier alpha value is -4.06. The Balaban J connectivity index is 1.74. The Kier molecular flexibility index (Phi) is 4.25. The first-order valence-corrected chi connectivity index (χ1v) is 9.41. The first kappa shape index (κ1) is 18.0. The molecule has 0 amide bonds. The number of benzene rings is 3. The lowest BCUT2D eigenvalue weighted by Crippen LogP contribution is -2.18. The first-order valence-electron chi connectivity index (χ1n) is 9.41. The molecule has 5 rings (SSSR count). The van der Waals surface area contributed by atoms with Crippen LogP contribution in [0.15, 0.2) is 88.3 Å². The fourth-order valence-corrected chi connectivity index (χ4v) is 3.51. The standard InChI is InChI=1S/C24H16FN3O2/c1-15-6-4-7-16(12-15)22-26-23(30-27-22)21-14-28(18-9-5-8-17(25)13-18)24(29)20-11-3-2-10-19(20)21/h2-14H,1H3. The second-order valence-electron chi connectivity index (χ2n) is 7.04. The number of rotatable bonds is 3. The number of fused-ring (bicyclic) bond motifs is 1. The van der Waals surface area contributed by atoms with E-state index in [0.717, 1.165) is 11.1 Å². The summed E-state index contributed by atoms with van der Waals surface area (Å²) in [4.78, 5) is 17.6. The Morgan fingerprint density at radius 3 is 2.53 bits per heavy atom. The van der Waals surface area contributed by atoms with E-state index < -0.39 is 5.82 Å². The van der Waals surface area contributed by atoms with Gasteiger partial charge in [-0.3, -0.25) is 9.36 Å². The summed E-state index contributed by atoms with van der Waals surface area (Å²) in [5.74, 6) is 0.322. The van der Waals surface area contributed by atoms with Crippen LogP contribution in [-0.2, 0) is 0 Å². The average molecular weight is 397 g/mol. The highest BCUT2D eigenvalue weighted by atomic mass is 19.1. The van der Waals surface area contributed by atoms with Crippen molar-refractivity contribution in [2.75, 3.05) is 0 Å². The van der Waals surface area contributed by atoms with Crippen LogP contribution in [-0.4, -0.2) is 14.7 Å². The quantitative estimate of drug-likeness (QED) is 0.422. The second-order valence-corrected chi connectivity index (χ2v) is 7.04. The molecule has 0 radical (unpaired) electrons. The van der Waals surface area contributed by atoms with Crippen molar-refractivity contribution in [2.24, 2.45) is 0 Å². The minimum atomic E-state index is -0.423. The van der Waals surface area contributed by atoms with E-state index in [1.807, 2.05) is 43.3 Å². The zero-order chi connectivity index (χ0) is 20.7. The van der Waals surface area contributed by atoms with Crippen LogP contribution in [0.4, 0.5) is 4.39 Å². The molecular weight excluding hydrogens is 381 g/mol. The van der Waals surface area contributed by atoms with E-state index in [1.165, 1.54) is 16.7 Å². The highest BCUT2D eigenvalue weighted by Gasteiger charge is 2.17. The third kappa shape index (κ3) is 3.08. The first-order chi connectivity index (χ1) is 14.6. The molecule has 0 aliphatic heterocycles. The molecular formula is C24H16FN3O2. The molecule has 0 bridgehead atoms. The number of pyridine rings is 1. The molecule has 0 aliphatic carbocycles. The lowest BCUT2D eigenvalue weighted by Gasteiger charge is -2.10. The number of halogens is 1. The van der Waals surface area contributed by atoms with Crippen molar-refractivity contribution in [3.05, 3.63) is 101 Å². The Morgan fingerprint density at radius 1 is 0.933 bits per heavy atom. The van der Waals surface area contributed by atoms with Crippen LogP contribution in [0.25, 0.3) is 39.3 Å².